The Morgan fingerprint density at radius 1 is 1.05 bits per heavy atom. The molecule has 0 aliphatic carbocycles. The maximum absolute atomic E-state index is 13.4. The van der Waals surface area contributed by atoms with E-state index in [0.29, 0.717) is 80.1 Å². The van der Waals surface area contributed by atoms with Gasteiger partial charge in [-0.2, -0.15) is 0 Å². The number of hydrogen-bond acceptors (Lipinski definition) is 7. The number of aromatic amines is 1. The van der Waals surface area contributed by atoms with Gasteiger partial charge in [0.1, 0.15) is 31.4 Å². The third-order valence-corrected chi connectivity index (χ3v) is 6.66. The van der Waals surface area contributed by atoms with E-state index in [2.05, 4.69) is 4.98 Å². The van der Waals surface area contributed by atoms with Crippen molar-refractivity contribution in [2.24, 2.45) is 0 Å². The minimum Gasteiger partial charge on any atom is -0.507 e. The number of carbonyl (C=O) groups excluding carboxylic acids is 2. The van der Waals surface area contributed by atoms with Crippen molar-refractivity contribution in [2.75, 3.05) is 33.0 Å². The number of ketones is 1. The van der Waals surface area contributed by atoms with E-state index >= 15 is 0 Å². The van der Waals surface area contributed by atoms with Crippen molar-refractivity contribution < 1.29 is 38.2 Å². The zero-order valence-electron chi connectivity index (χ0n) is 22.0. The molecule has 0 radical (unpaired) electrons. The second-order valence-electron chi connectivity index (χ2n) is 9.13. The second-order valence-corrected chi connectivity index (χ2v) is 9.13. The van der Waals surface area contributed by atoms with Gasteiger partial charge in [0.15, 0.2) is 23.0 Å². The minimum absolute atomic E-state index is 0.0117. The predicted molar refractivity (Wildman–Crippen MR) is 141 cm³/mol. The highest BCUT2D eigenvalue weighted by molar-refractivity contribution is 6.46. The Balaban J connectivity index is 1.57. The van der Waals surface area contributed by atoms with E-state index in [1.807, 2.05) is 37.1 Å². The van der Waals surface area contributed by atoms with Crippen molar-refractivity contribution in [1.82, 2.24) is 9.88 Å². The number of aromatic nitrogens is 2. The van der Waals surface area contributed by atoms with Gasteiger partial charge >= 0.3 is 0 Å². The quantitative estimate of drug-likeness (QED) is 0.177. The van der Waals surface area contributed by atoms with Crippen LogP contribution < -0.4 is 23.5 Å². The number of Topliss-reactive ketones (excluding diaryl/α,β-unsaturated/α-hetero) is 1. The van der Waals surface area contributed by atoms with Crippen LogP contribution in [0.2, 0.25) is 0 Å². The lowest BCUT2D eigenvalue weighted by Gasteiger charge is -2.26. The van der Waals surface area contributed by atoms with Crippen LogP contribution in [0.25, 0.3) is 5.76 Å². The number of aryl methyl sites for hydroxylation is 1. The number of carbonyl (C=O) groups is 2. The number of likely N-dealkylation sites (tertiary alicyclic amines) is 1. The van der Waals surface area contributed by atoms with Crippen LogP contribution >= 0.6 is 0 Å². The van der Waals surface area contributed by atoms with Gasteiger partial charge in [-0.15, -0.1) is 0 Å². The summed E-state index contributed by atoms with van der Waals surface area (Å²) in [4.78, 5) is 31.3. The molecule has 1 saturated heterocycles. The largest absolute Gasteiger partial charge is 0.507 e. The van der Waals surface area contributed by atoms with Crippen molar-refractivity contribution >= 4 is 17.4 Å². The summed E-state index contributed by atoms with van der Waals surface area (Å²) >= 11 is 0. The molecule has 1 amide bonds. The zero-order chi connectivity index (χ0) is 27.4. The van der Waals surface area contributed by atoms with Gasteiger partial charge < -0.3 is 29.0 Å². The minimum atomic E-state index is -0.815. The number of ether oxygens (including phenoxy) is 4. The number of rotatable bonds is 10. The van der Waals surface area contributed by atoms with Crippen LogP contribution in [0.5, 0.6) is 23.0 Å². The lowest BCUT2D eigenvalue weighted by atomic mass is 9.94. The molecular formula is C29H32N3O7+. The first-order valence-corrected chi connectivity index (χ1v) is 13.1. The number of nitrogens with zero attached hydrogens (tertiary/aromatic N) is 2. The number of aliphatic hydroxyl groups is 1. The van der Waals surface area contributed by atoms with Gasteiger partial charge in [-0.3, -0.25) is 14.6 Å². The van der Waals surface area contributed by atoms with E-state index in [1.54, 1.807) is 36.4 Å². The third-order valence-electron chi connectivity index (χ3n) is 6.66. The van der Waals surface area contributed by atoms with E-state index in [9.17, 15) is 14.7 Å². The Morgan fingerprint density at radius 3 is 2.56 bits per heavy atom. The molecule has 39 heavy (non-hydrogen) atoms. The highest BCUT2D eigenvalue weighted by Crippen LogP contribution is 2.43. The molecule has 3 aromatic rings. The Labute approximate surface area is 226 Å². The summed E-state index contributed by atoms with van der Waals surface area (Å²) in [5.41, 5.74) is 1.01. The summed E-state index contributed by atoms with van der Waals surface area (Å²) < 4.78 is 24.8. The first-order chi connectivity index (χ1) is 19.0. The average Bonchev–Trinajstić information content (AvgIpc) is 3.56. The van der Waals surface area contributed by atoms with Crippen LogP contribution in [0.1, 0.15) is 37.4 Å². The van der Waals surface area contributed by atoms with Crippen LogP contribution in [0.4, 0.5) is 0 Å². The summed E-state index contributed by atoms with van der Waals surface area (Å²) in [7, 11) is 0. The van der Waals surface area contributed by atoms with Crippen LogP contribution in [0.3, 0.4) is 0 Å². The zero-order valence-corrected chi connectivity index (χ0v) is 22.0. The van der Waals surface area contributed by atoms with E-state index in [4.69, 9.17) is 18.9 Å². The first-order valence-electron chi connectivity index (χ1n) is 13.1. The molecule has 0 bridgehead atoms. The molecule has 1 atom stereocenters. The molecule has 0 saturated carbocycles. The molecule has 0 spiro atoms. The predicted octanol–water partition coefficient (Wildman–Crippen LogP) is 3.38. The van der Waals surface area contributed by atoms with E-state index in [1.165, 1.54) is 4.90 Å². The monoisotopic (exact) mass is 534 g/mol. The van der Waals surface area contributed by atoms with Crippen molar-refractivity contribution in [3.8, 4) is 23.0 Å². The Morgan fingerprint density at radius 2 is 1.82 bits per heavy atom. The van der Waals surface area contributed by atoms with E-state index in [0.717, 1.165) is 0 Å². The number of H-pyrrole nitrogens is 1. The fraction of sp³-hybridized carbons (Fsp3) is 0.345. The van der Waals surface area contributed by atoms with Gasteiger partial charge in [0, 0.05) is 18.5 Å². The number of fused-ring (bicyclic) bond motifs is 1. The number of imidazole rings is 1. The summed E-state index contributed by atoms with van der Waals surface area (Å²) in [6.07, 6.45) is 6.14. The second kappa shape index (κ2) is 11.5. The molecule has 2 aliphatic heterocycles. The molecule has 2 aliphatic rings. The highest BCUT2D eigenvalue weighted by atomic mass is 16.6. The number of nitrogens with one attached hydrogen (secondary N) is 1. The average molecular weight is 535 g/mol. The third kappa shape index (κ3) is 5.27. The normalized spacial score (nSPS) is 17.9. The van der Waals surface area contributed by atoms with Crippen molar-refractivity contribution in [3.63, 3.8) is 0 Å². The number of hydrogen-bond donors (Lipinski definition) is 2. The molecule has 1 fully saturated rings. The fourth-order valence-corrected chi connectivity index (χ4v) is 4.92. The van der Waals surface area contributed by atoms with Gasteiger partial charge in [-0.25, -0.2) is 4.57 Å². The van der Waals surface area contributed by atoms with Gasteiger partial charge in [0.25, 0.3) is 11.7 Å². The molecule has 2 N–H and O–H groups in total. The maximum Gasteiger partial charge on any atom is 0.295 e. The van der Waals surface area contributed by atoms with E-state index in [-0.39, 0.29) is 11.3 Å². The summed E-state index contributed by atoms with van der Waals surface area (Å²) in [5.74, 6) is 0.424. The molecule has 204 valence electrons. The first kappa shape index (κ1) is 26.1. The topological polar surface area (TPSA) is 114 Å². The molecule has 2 aromatic carbocycles. The van der Waals surface area contributed by atoms with Crippen LogP contribution in [-0.4, -0.2) is 59.7 Å². The highest BCUT2D eigenvalue weighted by Gasteiger charge is 2.46. The molecule has 1 aromatic heterocycles. The van der Waals surface area contributed by atoms with E-state index < -0.39 is 17.7 Å². The molecule has 10 heteroatoms. The molecular weight excluding hydrogens is 502 g/mol. The fourth-order valence-electron chi connectivity index (χ4n) is 4.92. The number of benzene rings is 2. The van der Waals surface area contributed by atoms with Crippen molar-refractivity contribution in [3.05, 3.63) is 71.8 Å². The number of aliphatic hydroxyl groups excluding tert-OH is 1. The molecule has 10 nitrogen and oxygen atoms in total. The Hall–Kier alpha value is -4.47. The van der Waals surface area contributed by atoms with Gasteiger partial charge in [-0.1, -0.05) is 6.07 Å². The van der Waals surface area contributed by atoms with Crippen molar-refractivity contribution in [2.45, 2.75) is 32.9 Å². The Kier molecular flexibility index (Phi) is 7.72. The lowest BCUT2D eigenvalue weighted by Crippen LogP contribution is -2.36. The van der Waals surface area contributed by atoms with Crippen LogP contribution in [0, 0.1) is 0 Å². The summed E-state index contributed by atoms with van der Waals surface area (Å²) in [5, 5.41) is 11.5. The van der Waals surface area contributed by atoms with Crippen LogP contribution in [0.15, 0.2) is 60.7 Å². The van der Waals surface area contributed by atoms with Crippen LogP contribution in [-0.2, 0) is 16.1 Å². The number of amides is 1. The molecule has 1 unspecified atom stereocenters. The summed E-state index contributed by atoms with van der Waals surface area (Å²) in [6.45, 7) is 6.39. The standard InChI is InChI=1S/C29H31N3O7/c1-3-36-21-8-6-19(16-23(21)37-4-2)26-25(27(33)20-7-9-22-24(17-20)39-15-14-38-22)28(34)29(35)32(26)12-5-11-31-13-10-30-18-31/h6-10,13,16-18,26H,3-5,11-12,14-15H2,1-2H3,(H,33,34)/p+1. The summed E-state index contributed by atoms with van der Waals surface area (Å²) in [6, 6.07) is 9.49. The Bertz CT molecular complexity index is 1380. The van der Waals surface area contributed by atoms with Gasteiger partial charge in [-0.05, 0) is 49.7 Å². The maximum atomic E-state index is 13.4. The van der Waals surface area contributed by atoms with Gasteiger partial charge in [0.2, 0.25) is 6.33 Å². The molecule has 3 heterocycles. The van der Waals surface area contributed by atoms with Crippen molar-refractivity contribution in [1.29, 1.82) is 0 Å². The van der Waals surface area contributed by atoms with Gasteiger partial charge in [0.05, 0.1) is 31.4 Å². The smallest absolute Gasteiger partial charge is 0.295 e. The lowest BCUT2D eigenvalue weighted by molar-refractivity contribution is -0.695. The molecule has 5 rings (SSSR count). The SMILES string of the molecule is CCOc1ccc(C2C(=C(O)c3ccc4c(c3)OCCO4)C(=O)C(=O)N2CCC[n+]2cc[nH]c2)cc1OCC.